The first-order chi connectivity index (χ1) is 20.9. The van der Waals surface area contributed by atoms with Crippen molar-refractivity contribution in [3.63, 3.8) is 0 Å². The Morgan fingerprint density at radius 1 is 1.07 bits per heavy atom. The summed E-state index contributed by atoms with van der Waals surface area (Å²) in [5.74, 6) is -5.42. The van der Waals surface area contributed by atoms with Crippen molar-refractivity contribution in [3.05, 3.63) is 63.7 Å². The lowest BCUT2D eigenvalue weighted by Crippen LogP contribution is -2.50. The number of hydrogen-bond acceptors (Lipinski definition) is 9. The molecule has 1 aromatic carbocycles. The topological polar surface area (TPSA) is 214 Å². The number of carboxylic acids is 1. The summed E-state index contributed by atoms with van der Waals surface area (Å²) >= 11 is 0. The number of aromatic carboxylic acids is 1. The molecule has 0 radical (unpaired) electrons. The van der Waals surface area contributed by atoms with E-state index in [1.54, 1.807) is 4.90 Å². The molecule has 5 rings (SSSR count). The van der Waals surface area contributed by atoms with Gasteiger partial charge in [0, 0.05) is 43.2 Å². The second-order valence-corrected chi connectivity index (χ2v) is 12.3. The molecule has 0 unspecified atom stereocenters. The summed E-state index contributed by atoms with van der Waals surface area (Å²) < 4.78 is 70.3. The summed E-state index contributed by atoms with van der Waals surface area (Å²) in [6.07, 6.45) is 1.59. The summed E-state index contributed by atoms with van der Waals surface area (Å²) in [5.41, 5.74) is 3.28. The summed E-state index contributed by atoms with van der Waals surface area (Å²) in [7, 11) is -3.67. The quantitative estimate of drug-likeness (QED) is 0.220. The van der Waals surface area contributed by atoms with Gasteiger partial charge in [-0.3, -0.25) is 23.5 Å². The molecule has 6 N–H and O–H groups in total. The fourth-order valence-electron chi connectivity index (χ4n) is 5.06. The molecule has 2 aliphatic rings. The van der Waals surface area contributed by atoms with E-state index in [1.165, 1.54) is 13.8 Å². The van der Waals surface area contributed by atoms with Crippen LogP contribution in [-0.2, 0) is 19.7 Å². The lowest BCUT2D eigenvalue weighted by atomic mass is 10.1. The van der Waals surface area contributed by atoms with E-state index < -0.39 is 62.5 Å². The predicted octanol–water partition coefficient (Wildman–Crippen LogP) is 0.408. The van der Waals surface area contributed by atoms with Crippen molar-refractivity contribution in [1.82, 2.24) is 20.2 Å². The van der Waals surface area contributed by atoms with Crippen LogP contribution in [0.5, 0.6) is 0 Å². The maximum Gasteiger partial charge on any atom is 0.341 e. The molecule has 0 spiro atoms. The highest BCUT2D eigenvalue weighted by Crippen LogP contribution is 2.47. The van der Waals surface area contributed by atoms with Crippen LogP contribution in [0.15, 0.2) is 35.3 Å². The third-order valence-corrected chi connectivity index (χ3v) is 7.28. The van der Waals surface area contributed by atoms with E-state index in [0.29, 0.717) is 25.4 Å². The minimum atomic E-state index is -3.67. The van der Waals surface area contributed by atoms with Crippen molar-refractivity contribution in [2.45, 2.75) is 32.0 Å². The molecule has 3 heterocycles. The summed E-state index contributed by atoms with van der Waals surface area (Å²) in [6, 6.07) is 1.71. The van der Waals surface area contributed by atoms with Gasteiger partial charge in [-0.15, -0.1) is 0 Å². The number of carbonyl (C=O) groups excluding carboxylic acids is 2. The number of carbonyl (C=O) groups is 3. The number of nitrogens with zero attached hydrogens (tertiary/aromatic N) is 3. The van der Waals surface area contributed by atoms with E-state index in [4.69, 9.17) is 10.3 Å². The lowest BCUT2D eigenvalue weighted by molar-refractivity contribution is -0.129. The van der Waals surface area contributed by atoms with E-state index >= 15 is 4.39 Å². The van der Waals surface area contributed by atoms with Crippen LogP contribution < -0.4 is 26.7 Å². The fourth-order valence-corrected chi connectivity index (χ4v) is 5.06. The van der Waals surface area contributed by atoms with Crippen LogP contribution in [-0.4, -0.2) is 82.9 Å². The van der Waals surface area contributed by atoms with Crippen LogP contribution in [0.4, 0.5) is 19.0 Å². The number of aromatic nitrogens is 2. The van der Waals surface area contributed by atoms with Gasteiger partial charge in [-0.05, 0) is 32.0 Å². The highest BCUT2D eigenvalue weighted by molar-refractivity contribution is 7.85. The van der Waals surface area contributed by atoms with Gasteiger partial charge < -0.3 is 26.4 Å². The molecule has 1 aliphatic carbocycles. The van der Waals surface area contributed by atoms with Crippen LogP contribution in [0.2, 0.25) is 0 Å². The Hall–Kier alpha value is -4.55. The number of fused-ring (bicyclic) bond motifs is 2. The maximum absolute atomic E-state index is 15.2. The molecule has 2 fully saturated rings. The number of piperidine rings is 1. The first-order valence-electron chi connectivity index (χ1n) is 13.4. The molecule has 14 nitrogen and oxygen atoms in total. The highest BCUT2D eigenvalue weighted by atomic mass is 32.2. The molecule has 2 amide bonds. The number of rotatable bonds is 7. The molecule has 18 heteroatoms. The zero-order valence-electron chi connectivity index (χ0n) is 24.0. The van der Waals surface area contributed by atoms with Crippen LogP contribution in [0, 0.1) is 29.3 Å². The average Bonchev–Trinajstić information content (AvgIpc) is 3.34. The molecule has 242 valence electrons. The van der Waals surface area contributed by atoms with Gasteiger partial charge in [-0.25, -0.2) is 22.9 Å². The van der Waals surface area contributed by atoms with Gasteiger partial charge in [-0.1, -0.05) is 0 Å². The molecule has 2 aromatic heterocycles. The minimum absolute atomic E-state index is 0.0247. The van der Waals surface area contributed by atoms with Crippen LogP contribution >= 0.6 is 0 Å². The molecule has 45 heavy (non-hydrogen) atoms. The fraction of sp³-hybridized carbons (Fsp3) is 0.370. The zero-order valence-corrected chi connectivity index (χ0v) is 24.8. The standard InChI is InChI=1S/C26H25F3N6O5.CH4O3S/c1-10(30)24(37)31-11(2)25(38)32-20-14-7-34(8-15(14)20)23-18(29)6-13-21(36)16(26(39)40)9-35(22(13)33-23)19-4-3-12(27)5-17(19)28;1-5(2,3)4/h3-6,9-11,14-15,20H,7-8,30H2,1-2H3,(H,31,37)(H,32,38)(H,39,40);1H3,(H,2,3,4)/t10-,11-,14-,15-;/m1./s1. The number of anilines is 1. The Morgan fingerprint density at radius 3 is 2.20 bits per heavy atom. The second kappa shape index (κ2) is 12.4. The van der Waals surface area contributed by atoms with Crippen LogP contribution in [0.3, 0.4) is 0 Å². The van der Waals surface area contributed by atoms with Crippen molar-refractivity contribution >= 4 is 44.8 Å². The molecule has 3 aromatic rings. The molecule has 4 atom stereocenters. The number of nitrogens with two attached hydrogens (primary N) is 1. The number of nitrogens with one attached hydrogen (secondary N) is 2. The molecule has 1 aliphatic heterocycles. The molecule has 0 bridgehead atoms. The maximum atomic E-state index is 15.2. The number of halogens is 3. The van der Waals surface area contributed by atoms with Gasteiger partial charge in [-0.2, -0.15) is 8.42 Å². The normalized spacial score (nSPS) is 20.0. The minimum Gasteiger partial charge on any atom is -0.477 e. The molecule has 1 saturated heterocycles. The van der Waals surface area contributed by atoms with Crippen molar-refractivity contribution in [3.8, 4) is 5.69 Å². The summed E-state index contributed by atoms with van der Waals surface area (Å²) in [6.45, 7) is 3.66. The van der Waals surface area contributed by atoms with Crippen LogP contribution in [0.1, 0.15) is 24.2 Å². The first-order valence-corrected chi connectivity index (χ1v) is 15.2. The first kappa shape index (κ1) is 33.3. The second-order valence-electron chi connectivity index (χ2n) is 10.8. The molecular weight excluding hydrogens is 625 g/mol. The van der Waals surface area contributed by atoms with Gasteiger partial charge in [0.25, 0.3) is 10.1 Å². The average molecular weight is 655 g/mol. The number of carboxylic acid groups (broad SMARTS) is 1. The van der Waals surface area contributed by atoms with Crippen LogP contribution in [0.25, 0.3) is 16.7 Å². The Morgan fingerprint density at radius 2 is 1.67 bits per heavy atom. The van der Waals surface area contributed by atoms with Crippen molar-refractivity contribution < 1.29 is 45.6 Å². The van der Waals surface area contributed by atoms with Gasteiger partial charge >= 0.3 is 5.97 Å². The number of hydrogen-bond donors (Lipinski definition) is 5. The highest BCUT2D eigenvalue weighted by Gasteiger charge is 2.57. The van der Waals surface area contributed by atoms with E-state index in [9.17, 15) is 41.5 Å². The van der Waals surface area contributed by atoms with Gasteiger partial charge in [0.05, 0.1) is 23.4 Å². The summed E-state index contributed by atoms with van der Waals surface area (Å²) in [4.78, 5) is 54.6. The zero-order chi connectivity index (χ0) is 33.5. The molecule has 1 saturated carbocycles. The van der Waals surface area contributed by atoms with E-state index in [0.717, 1.165) is 29.0 Å². The smallest absolute Gasteiger partial charge is 0.341 e. The van der Waals surface area contributed by atoms with Crippen molar-refractivity contribution in [2.75, 3.05) is 24.2 Å². The predicted molar refractivity (Wildman–Crippen MR) is 154 cm³/mol. The SMILES string of the molecule is CS(=O)(=O)O.C[C@@H](N)C(=O)N[C@H](C)C(=O)NC1[C@@H]2CN(c3nc4c(cc3F)c(=O)c(C(=O)O)cn4-c3ccc(F)cc3F)C[C@@H]12. The van der Waals surface area contributed by atoms with E-state index in [1.807, 2.05) is 0 Å². The largest absolute Gasteiger partial charge is 0.477 e. The number of amides is 2. The van der Waals surface area contributed by atoms with Crippen molar-refractivity contribution in [1.29, 1.82) is 0 Å². The third-order valence-electron chi connectivity index (χ3n) is 7.28. The Balaban J connectivity index is 0.000000854. The van der Waals surface area contributed by atoms with Gasteiger partial charge in [0.2, 0.25) is 17.2 Å². The lowest BCUT2D eigenvalue weighted by Gasteiger charge is -2.23. The van der Waals surface area contributed by atoms with Gasteiger partial charge in [0.15, 0.2) is 17.3 Å². The third kappa shape index (κ3) is 7.40. The number of benzene rings is 1. The Bertz CT molecular complexity index is 1850. The van der Waals surface area contributed by atoms with Crippen molar-refractivity contribution in [2.24, 2.45) is 17.6 Å². The Labute approximate surface area is 253 Å². The molecular formula is C27H29F3N6O8S. The van der Waals surface area contributed by atoms with E-state index in [-0.39, 0.29) is 46.3 Å². The Kier molecular flexibility index (Phi) is 9.22. The van der Waals surface area contributed by atoms with Gasteiger partial charge in [0.1, 0.15) is 23.2 Å². The number of pyridine rings is 2. The van der Waals surface area contributed by atoms with E-state index in [2.05, 4.69) is 15.6 Å². The monoisotopic (exact) mass is 654 g/mol. The summed E-state index contributed by atoms with van der Waals surface area (Å²) in [5, 5.41) is 14.5.